The normalized spacial score (nSPS) is 24.3. The van der Waals surface area contributed by atoms with Crippen molar-refractivity contribution in [1.29, 1.82) is 0 Å². The number of hydroxylamine groups is 2. The Bertz CT molecular complexity index is 1730. The molecule has 1 aliphatic carbocycles. The number of methoxy groups -OCH3 is 2. The van der Waals surface area contributed by atoms with Crippen LogP contribution in [0.15, 0.2) is 30.3 Å². The molecule has 360 valence electrons. The number of hydrogen-bond acceptors (Lipinski definition) is 11. The fraction of sp³-hybridized carbons (Fsp3) is 0.750. The number of nitrogens with zero attached hydrogens (tertiary/aromatic N) is 3. The number of amides is 4. The number of carbonyl (C=O) groups excluding carboxylic acids is 5. The van der Waals surface area contributed by atoms with E-state index in [9.17, 15) is 28.8 Å². The second kappa shape index (κ2) is 24.0. The summed E-state index contributed by atoms with van der Waals surface area (Å²) < 4.78 is 12.0. The zero-order valence-corrected chi connectivity index (χ0v) is 40.3. The van der Waals surface area contributed by atoms with Crippen LogP contribution in [0.3, 0.4) is 0 Å². The standard InChI is InChI=1S/C48H78N6O10/c1-12-31(6)42(53(9)46(60)40(29(2)3)50-45(59)41(30(4)5)52(8)24-18-21-39(56)57)38(62-10)27-37(55)35-22-23-36(49-35)43(63-11)32(7)44(58)51-48(47(61)54-25-16-17-26-64-54)28-34(48)33-19-14-13-15-20-33/h13-15,19-20,29-32,34-36,38,40-43,49H,12,16-18,21-28H2,1-11H3,(H,50,59)(H,51,58)(H,56,57)/t31-,32+,34+,35?,36-,38+,40-,41-,42-,43+,48-/m0/s1. The van der Waals surface area contributed by atoms with Gasteiger partial charge in [-0.15, -0.1) is 0 Å². The number of carbonyl (C=O) groups is 6. The molecule has 2 saturated heterocycles. The van der Waals surface area contributed by atoms with Gasteiger partial charge in [0.2, 0.25) is 17.7 Å². The zero-order chi connectivity index (χ0) is 47.5. The van der Waals surface area contributed by atoms with Gasteiger partial charge in [-0.05, 0) is 75.4 Å². The Balaban J connectivity index is 1.43. The van der Waals surface area contributed by atoms with Gasteiger partial charge in [0.25, 0.3) is 5.91 Å². The number of ketones is 1. The van der Waals surface area contributed by atoms with Gasteiger partial charge in [0.15, 0.2) is 5.78 Å². The highest BCUT2D eigenvalue weighted by Gasteiger charge is 2.64. The van der Waals surface area contributed by atoms with Crippen molar-refractivity contribution in [2.45, 2.75) is 160 Å². The molecule has 1 aromatic carbocycles. The van der Waals surface area contributed by atoms with E-state index in [-0.39, 0.29) is 72.0 Å². The zero-order valence-electron chi connectivity index (χ0n) is 40.3. The molecule has 2 heterocycles. The predicted octanol–water partition coefficient (Wildman–Crippen LogP) is 4.16. The van der Waals surface area contributed by atoms with E-state index in [1.54, 1.807) is 40.1 Å². The third-order valence-corrected chi connectivity index (χ3v) is 13.9. The lowest BCUT2D eigenvalue weighted by atomic mass is 9.88. The number of aliphatic carboxylic acids is 1. The van der Waals surface area contributed by atoms with Crippen LogP contribution in [0.5, 0.6) is 0 Å². The van der Waals surface area contributed by atoms with Crippen LogP contribution in [0.1, 0.15) is 118 Å². The Labute approximate surface area is 381 Å². The summed E-state index contributed by atoms with van der Waals surface area (Å²) >= 11 is 0. The number of benzene rings is 1. The van der Waals surface area contributed by atoms with Gasteiger partial charge in [-0.25, -0.2) is 5.06 Å². The summed E-state index contributed by atoms with van der Waals surface area (Å²) in [6.07, 6.45) is 3.13. The van der Waals surface area contributed by atoms with Crippen LogP contribution in [0.25, 0.3) is 0 Å². The first kappa shape index (κ1) is 52.7. The van der Waals surface area contributed by atoms with E-state index in [1.807, 2.05) is 76.8 Å². The summed E-state index contributed by atoms with van der Waals surface area (Å²) in [4.78, 5) is 90.9. The molecule has 11 atom stereocenters. The van der Waals surface area contributed by atoms with Crippen LogP contribution in [0, 0.1) is 23.7 Å². The number of hydrogen-bond donors (Lipinski definition) is 4. The first-order chi connectivity index (χ1) is 30.3. The average Bonchev–Trinajstić information content (AvgIpc) is 3.79. The maximum atomic E-state index is 14.4. The molecule has 0 bridgehead atoms. The van der Waals surface area contributed by atoms with Crippen molar-refractivity contribution >= 4 is 35.4 Å². The summed E-state index contributed by atoms with van der Waals surface area (Å²) in [6.45, 7) is 14.8. The molecule has 4 N–H and O–H groups in total. The molecular formula is C48H78N6O10. The Morgan fingerprint density at radius 2 is 1.64 bits per heavy atom. The molecule has 1 unspecified atom stereocenters. The van der Waals surface area contributed by atoms with E-state index in [2.05, 4.69) is 16.0 Å². The molecule has 16 heteroatoms. The van der Waals surface area contributed by atoms with E-state index >= 15 is 0 Å². The predicted molar refractivity (Wildman–Crippen MR) is 243 cm³/mol. The molecule has 0 spiro atoms. The van der Waals surface area contributed by atoms with Crippen LogP contribution in [-0.2, 0) is 43.1 Å². The summed E-state index contributed by atoms with van der Waals surface area (Å²) in [7, 11) is 6.59. The fourth-order valence-corrected chi connectivity index (χ4v) is 9.91. The molecule has 4 rings (SSSR count). The van der Waals surface area contributed by atoms with Gasteiger partial charge in [0.05, 0.1) is 42.9 Å². The van der Waals surface area contributed by atoms with Gasteiger partial charge in [-0.1, -0.05) is 85.2 Å². The molecule has 2 aliphatic heterocycles. The van der Waals surface area contributed by atoms with Gasteiger partial charge in [0, 0.05) is 52.6 Å². The van der Waals surface area contributed by atoms with Crippen LogP contribution in [0.4, 0.5) is 0 Å². The minimum Gasteiger partial charge on any atom is -0.481 e. The Morgan fingerprint density at radius 1 is 0.953 bits per heavy atom. The highest BCUT2D eigenvalue weighted by molar-refractivity contribution is 5.96. The highest BCUT2D eigenvalue weighted by atomic mass is 16.7. The number of carboxylic acid groups (broad SMARTS) is 1. The number of likely N-dealkylation sites (N-methyl/N-ethyl adjacent to an activating group) is 2. The second-order valence-electron chi connectivity index (χ2n) is 19.1. The SMILES string of the molecule is CC[C@H](C)[C@@H]([C@@H](CC(=O)C1CC[C@@H]([C@H](OC)[C@@H](C)C(=O)N[C@@]2(C(=O)N3CCCCO3)C[C@@H]2c2ccccc2)N1)OC)N(C)C(=O)[C@@H](NC(=O)[C@H](C(C)C)N(C)CCCC(=O)O)C(C)C. The minimum absolute atomic E-state index is 0.00541. The van der Waals surface area contributed by atoms with Crippen molar-refractivity contribution in [2.75, 3.05) is 48.0 Å². The molecule has 4 amide bonds. The van der Waals surface area contributed by atoms with Gasteiger partial charge in [-0.2, -0.15) is 0 Å². The Hall–Kier alpha value is -3.96. The second-order valence-corrected chi connectivity index (χ2v) is 19.1. The van der Waals surface area contributed by atoms with Crippen molar-refractivity contribution in [3.8, 4) is 0 Å². The molecule has 16 nitrogen and oxygen atoms in total. The third-order valence-electron chi connectivity index (χ3n) is 13.9. The van der Waals surface area contributed by atoms with Gasteiger partial charge in [0.1, 0.15) is 11.6 Å². The number of Topliss-reactive ketones (excluding diaryl/α,β-unsaturated/α-hetero) is 1. The quantitative estimate of drug-likeness (QED) is 0.110. The Morgan fingerprint density at radius 3 is 2.20 bits per heavy atom. The lowest BCUT2D eigenvalue weighted by Gasteiger charge is -2.40. The molecule has 3 aliphatic rings. The monoisotopic (exact) mass is 899 g/mol. The maximum Gasteiger partial charge on any atom is 0.303 e. The third kappa shape index (κ3) is 12.9. The van der Waals surface area contributed by atoms with E-state index < -0.39 is 53.8 Å². The highest BCUT2D eigenvalue weighted by Crippen LogP contribution is 2.53. The van der Waals surface area contributed by atoms with Gasteiger partial charge in [-0.3, -0.25) is 38.5 Å². The van der Waals surface area contributed by atoms with Crippen molar-refractivity contribution in [1.82, 2.24) is 30.8 Å². The van der Waals surface area contributed by atoms with Crippen LogP contribution >= 0.6 is 0 Å². The summed E-state index contributed by atoms with van der Waals surface area (Å²) in [5, 5.41) is 20.2. The molecule has 1 saturated carbocycles. The van der Waals surface area contributed by atoms with Crippen molar-refractivity contribution < 1.29 is 48.2 Å². The lowest BCUT2D eigenvalue weighted by Crippen LogP contribution is -2.60. The number of ether oxygens (including phenoxy) is 2. The number of rotatable bonds is 25. The van der Waals surface area contributed by atoms with Crippen LogP contribution in [-0.4, -0.2) is 151 Å². The molecule has 64 heavy (non-hydrogen) atoms. The lowest BCUT2D eigenvalue weighted by molar-refractivity contribution is -0.200. The molecule has 0 aromatic heterocycles. The van der Waals surface area contributed by atoms with Gasteiger partial charge < -0.3 is 35.4 Å². The first-order valence-electron chi connectivity index (χ1n) is 23.5. The minimum atomic E-state index is -1.13. The van der Waals surface area contributed by atoms with Gasteiger partial charge >= 0.3 is 5.97 Å². The van der Waals surface area contributed by atoms with Crippen molar-refractivity contribution in [2.24, 2.45) is 23.7 Å². The average molecular weight is 899 g/mol. The largest absolute Gasteiger partial charge is 0.481 e. The topological polar surface area (TPSA) is 196 Å². The smallest absolute Gasteiger partial charge is 0.303 e. The molecular weight excluding hydrogens is 821 g/mol. The number of carboxylic acids is 1. The maximum absolute atomic E-state index is 14.4. The summed E-state index contributed by atoms with van der Waals surface area (Å²) in [5.74, 6) is -3.41. The first-order valence-corrected chi connectivity index (χ1v) is 23.5. The Kier molecular flexibility index (Phi) is 19.7. The molecule has 1 aromatic rings. The van der Waals surface area contributed by atoms with E-state index in [0.29, 0.717) is 51.8 Å². The summed E-state index contributed by atoms with van der Waals surface area (Å²) in [6, 6.07) is 6.93. The van der Waals surface area contributed by atoms with Crippen molar-refractivity contribution in [3.63, 3.8) is 0 Å². The van der Waals surface area contributed by atoms with Crippen LogP contribution in [0.2, 0.25) is 0 Å². The van der Waals surface area contributed by atoms with E-state index in [1.165, 1.54) is 5.06 Å². The van der Waals surface area contributed by atoms with E-state index in [0.717, 1.165) is 18.4 Å². The fourth-order valence-electron chi connectivity index (χ4n) is 9.91. The number of nitrogens with one attached hydrogen (secondary N) is 3. The summed E-state index contributed by atoms with van der Waals surface area (Å²) in [5.41, 5.74) is -0.154. The molecule has 3 fully saturated rings. The van der Waals surface area contributed by atoms with Crippen LogP contribution < -0.4 is 16.0 Å². The van der Waals surface area contributed by atoms with Crippen molar-refractivity contribution in [3.05, 3.63) is 35.9 Å². The molecule has 0 radical (unpaired) electrons. The van der Waals surface area contributed by atoms with E-state index in [4.69, 9.17) is 19.4 Å².